The summed E-state index contributed by atoms with van der Waals surface area (Å²) in [6, 6.07) is 8.38. The number of epoxide rings is 1. The van der Waals surface area contributed by atoms with Gasteiger partial charge < -0.3 is 9.47 Å². The third-order valence-corrected chi connectivity index (χ3v) is 4.85. The Kier molecular flexibility index (Phi) is 3.78. The molecular weight excluding hydrogens is 264 g/mol. The van der Waals surface area contributed by atoms with E-state index in [-0.39, 0.29) is 5.97 Å². The van der Waals surface area contributed by atoms with Crippen LogP contribution >= 0.6 is 0 Å². The zero-order valence-electron chi connectivity index (χ0n) is 13.0. The quantitative estimate of drug-likeness (QED) is 0.469. The number of carbonyl (C=O) groups is 1. The van der Waals surface area contributed by atoms with Gasteiger partial charge in [-0.3, -0.25) is 0 Å². The molecule has 3 rings (SSSR count). The van der Waals surface area contributed by atoms with Crippen molar-refractivity contribution in [3.63, 3.8) is 0 Å². The van der Waals surface area contributed by atoms with Crippen molar-refractivity contribution >= 4 is 5.97 Å². The zero-order valence-corrected chi connectivity index (χ0v) is 13.0. The van der Waals surface area contributed by atoms with E-state index in [2.05, 4.69) is 38.1 Å². The van der Waals surface area contributed by atoms with Crippen molar-refractivity contribution in [2.45, 2.75) is 63.6 Å². The summed E-state index contributed by atoms with van der Waals surface area (Å²) in [4.78, 5) is 12.5. The van der Waals surface area contributed by atoms with Gasteiger partial charge in [-0.15, -0.1) is 0 Å². The van der Waals surface area contributed by atoms with Gasteiger partial charge >= 0.3 is 5.97 Å². The fourth-order valence-corrected chi connectivity index (χ4v) is 3.52. The molecule has 1 saturated heterocycles. The van der Waals surface area contributed by atoms with Crippen molar-refractivity contribution in [3.05, 3.63) is 35.4 Å². The van der Waals surface area contributed by atoms with Gasteiger partial charge in [0.25, 0.3) is 0 Å². The molecule has 21 heavy (non-hydrogen) atoms. The second kappa shape index (κ2) is 5.45. The summed E-state index contributed by atoms with van der Waals surface area (Å²) < 4.78 is 11.6. The lowest BCUT2D eigenvalue weighted by Crippen LogP contribution is -2.37. The number of hydrogen-bond acceptors (Lipinski definition) is 3. The average molecular weight is 288 g/mol. The Morgan fingerprint density at radius 3 is 2.67 bits per heavy atom. The zero-order chi connectivity index (χ0) is 14.9. The van der Waals surface area contributed by atoms with E-state index in [1.807, 2.05) is 0 Å². The minimum Gasteiger partial charge on any atom is -0.463 e. The van der Waals surface area contributed by atoms with Gasteiger partial charge in [-0.25, -0.2) is 4.79 Å². The molecule has 1 aliphatic heterocycles. The van der Waals surface area contributed by atoms with Crippen LogP contribution in [0.15, 0.2) is 24.3 Å². The molecule has 2 aliphatic rings. The molecule has 1 heterocycles. The van der Waals surface area contributed by atoms with Gasteiger partial charge in [-0.2, -0.15) is 0 Å². The Labute approximate surface area is 126 Å². The molecule has 2 unspecified atom stereocenters. The topological polar surface area (TPSA) is 38.8 Å². The van der Waals surface area contributed by atoms with E-state index in [9.17, 15) is 4.79 Å². The molecule has 1 aromatic carbocycles. The minimum absolute atomic E-state index is 0.156. The molecule has 0 bridgehead atoms. The molecule has 3 nitrogen and oxygen atoms in total. The van der Waals surface area contributed by atoms with Crippen LogP contribution in [0.4, 0.5) is 0 Å². The number of rotatable bonds is 5. The van der Waals surface area contributed by atoms with Gasteiger partial charge in [0.05, 0.1) is 6.61 Å². The Morgan fingerprint density at radius 1 is 1.24 bits per heavy atom. The Balaban J connectivity index is 1.81. The largest absolute Gasteiger partial charge is 0.463 e. The molecule has 1 aliphatic carbocycles. The summed E-state index contributed by atoms with van der Waals surface area (Å²) in [7, 11) is 0. The molecule has 1 aromatic rings. The highest BCUT2D eigenvalue weighted by atomic mass is 16.7. The van der Waals surface area contributed by atoms with E-state index in [1.165, 1.54) is 5.56 Å². The van der Waals surface area contributed by atoms with Crippen LogP contribution in [0.2, 0.25) is 0 Å². The molecule has 2 atom stereocenters. The van der Waals surface area contributed by atoms with Crippen LogP contribution in [-0.2, 0) is 19.9 Å². The first-order valence-electron chi connectivity index (χ1n) is 8.09. The lowest BCUT2D eigenvalue weighted by molar-refractivity contribution is -0.150. The fourth-order valence-electron chi connectivity index (χ4n) is 3.52. The maximum atomic E-state index is 12.5. The summed E-state index contributed by atoms with van der Waals surface area (Å²) in [6.45, 7) is 4.67. The van der Waals surface area contributed by atoms with Crippen molar-refractivity contribution in [2.75, 3.05) is 6.61 Å². The normalized spacial score (nSPS) is 30.6. The SMILES string of the molecule is CCCCOC(=O)C12CCCCC1(c1ccc(C)cc1)O2. The highest BCUT2D eigenvalue weighted by molar-refractivity contribution is 5.85. The standard InChI is InChI=1S/C18H24O3/c1-3-4-13-20-16(19)18-12-6-5-11-17(18,21-18)15-9-7-14(2)8-10-15/h7-10H,3-6,11-13H2,1-2H3. The predicted molar refractivity (Wildman–Crippen MR) is 81.0 cm³/mol. The van der Waals surface area contributed by atoms with Crippen molar-refractivity contribution in [1.29, 1.82) is 0 Å². The molecule has 0 amide bonds. The maximum Gasteiger partial charge on any atom is 0.341 e. The molecule has 0 N–H and O–H groups in total. The lowest BCUT2D eigenvalue weighted by Gasteiger charge is -2.24. The summed E-state index contributed by atoms with van der Waals surface area (Å²) in [5, 5.41) is 0. The number of esters is 1. The van der Waals surface area contributed by atoms with Crippen molar-refractivity contribution < 1.29 is 14.3 Å². The molecule has 3 heteroatoms. The van der Waals surface area contributed by atoms with Crippen LogP contribution in [0.1, 0.15) is 56.6 Å². The molecule has 0 spiro atoms. The first-order chi connectivity index (χ1) is 10.1. The summed E-state index contributed by atoms with van der Waals surface area (Å²) in [6.07, 6.45) is 5.79. The fraction of sp³-hybridized carbons (Fsp3) is 0.611. The molecule has 1 saturated carbocycles. The third-order valence-electron chi connectivity index (χ3n) is 4.85. The monoisotopic (exact) mass is 288 g/mol. The highest BCUT2D eigenvalue weighted by Gasteiger charge is 2.76. The van der Waals surface area contributed by atoms with Crippen molar-refractivity contribution in [3.8, 4) is 0 Å². The summed E-state index contributed by atoms with van der Waals surface area (Å²) >= 11 is 0. The van der Waals surface area contributed by atoms with Crippen LogP contribution in [0.5, 0.6) is 0 Å². The van der Waals surface area contributed by atoms with E-state index in [1.54, 1.807) is 0 Å². The van der Waals surface area contributed by atoms with E-state index in [0.717, 1.165) is 44.1 Å². The van der Waals surface area contributed by atoms with Crippen molar-refractivity contribution in [2.24, 2.45) is 0 Å². The smallest absolute Gasteiger partial charge is 0.341 e. The number of unbranched alkanes of at least 4 members (excludes halogenated alkanes) is 1. The first kappa shape index (κ1) is 14.6. The Hall–Kier alpha value is -1.35. The molecule has 0 radical (unpaired) electrons. The average Bonchev–Trinajstić information content (AvgIpc) is 3.20. The third kappa shape index (κ3) is 2.28. The van der Waals surface area contributed by atoms with E-state index >= 15 is 0 Å². The van der Waals surface area contributed by atoms with Gasteiger partial charge in [0.15, 0.2) is 5.60 Å². The number of fused-ring (bicyclic) bond motifs is 1. The van der Waals surface area contributed by atoms with Gasteiger partial charge in [-0.05, 0) is 44.6 Å². The Morgan fingerprint density at radius 2 is 1.95 bits per heavy atom. The van der Waals surface area contributed by atoms with Crippen LogP contribution in [0.3, 0.4) is 0 Å². The summed E-state index contributed by atoms with van der Waals surface area (Å²) in [5.74, 6) is -0.156. The number of ether oxygens (including phenoxy) is 2. The van der Waals surface area contributed by atoms with Gasteiger partial charge in [0, 0.05) is 0 Å². The number of hydrogen-bond donors (Lipinski definition) is 0. The number of benzene rings is 1. The first-order valence-corrected chi connectivity index (χ1v) is 8.09. The van der Waals surface area contributed by atoms with E-state index < -0.39 is 11.2 Å². The summed E-state index contributed by atoms with van der Waals surface area (Å²) in [5.41, 5.74) is 1.21. The van der Waals surface area contributed by atoms with Crippen LogP contribution in [0, 0.1) is 6.92 Å². The van der Waals surface area contributed by atoms with Gasteiger partial charge in [-0.1, -0.05) is 43.2 Å². The molecule has 114 valence electrons. The van der Waals surface area contributed by atoms with Crippen LogP contribution < -0.4 is 0 Å². The van der Waals surface area contributed by atoms with Crippen LogP contribution in [-0.4, -0.2) is 18.2 Å². The van der Waals surface area contributed by atoms with E-state index in [0.29, 0.717) is 6.61 Å². The molecular formula is C18H24O3. The maximum absolute atomic E-state index is 12.5. The Bertz CT molecular complexity index is 522. The van der Waals surface area contributed by atoms with E-state index in [4.69, 9.17) is 9.47 Å². The van der Waals surface area contributed by atoms with Gasteiger partial charge in [0.1, 0.15) is 5.60 Å². The molecule has 2 fully saturated rings. The predicted octanol–water partition coefficient (Wildman–Crippen LogP) is 3.88. The number of carbonyl (C=O) groups excluding carboxylic acids is 1. The lowest BCUT2D eigenvalue weighted by atomic mass is 9.75. The second-order valence-corrected chi connectivity index (χ2v) is 6.32. The number of aryl methyl sites for hydroxylation is 1. The van der Waals surface area contributed by atoms with Crippen molar-refractivity contribution in [1.82, 2.24) is 0 Å². The minimum atomic E-state index is -0.714. The second-order valence-electron chi connectivity index (χ2n) is 6.32. The highest BCUT2D eigenvalue weighted by Crippen LogP contribution is 2.64. The molecule has 0 aromatic heterocycles. The van der Waals surface area contributed by atoms with Crippen LogP contribution in [0.25, 0.3) is 0 Å². The van der Waals surface area contributed by atoms with Gasteiger partial charge in [0.2, 0.25) is 0 Å².